The second-order valence-electron chi connectivity index (χ2n) is 15.3. The SMILES string of the molecule is C[C@@H]1C=C(c2cc(Br)cc([P+](O)(c3ccccc3)c3ccccc3)c2)c2ccc3c(c2-c2ccccc21)-c1ccccc1C31c2ccccc2-c2ccccc21. The van der Waals surface area contributed by atoms with Crippen molar-refractivity contribution in [2.45, 2.75) is 18.3 Å². The highest BCUT2D eigenvalue weighted by atomic mass is 79.9. The highest BCUT2D eigenvalue weighted by molar-refractivity contribution is 9.10. The number of allylic oxidation sites excluding steroid dienone is 1. The fourth-order valence-corrected chi connectivity index (χ4v) is 13.6. The van der Waals surface area contributed by atoms with Gasteiger partial charge in [-0.2, -0.15) is 0 Å². The largest absolute Gasteiger partial charge is 0.238 e. The number of halogens is 1. The molecule has 8 aromatic carbocycles. The van der Waals surface area contributed by atoms with Gasteiger partial charge >= 0.3 is 0 Å². The average molecular weight is 801 g/mol. The van der Waals surface area contributed by atoms with Gasteiger partial charge in [-0.1, -0.05) is 175 Å². The second-order valence-corrected chi connectivity index (χ2v) is 19.0. The van der Waals surface area contributed by atoms with E-state index >= 15 is 0 Å². The Morgan fingerprint density at radius 3 is 1.61 bits per heavy atom. The molecule has 0 aromatic heterocycles. The van der Waals surface area contributed by atoms with Crippen LogP contribution in [-0.2, 0) is 5.41 Å². The third-order valence-corrected chi connectivity index (χ3v) is 16.0. The molecule has 11 rings (SSSR count). The third kappa shape index (κ3) is 4.61. The van der Waals surface area contributed by atoms with Gasteiger partial charge in [-0.3, -0.25) is 0 Å². The molecule has 0 heterocycles. The van der Waals surface area contributed by atoms with E-state index in [0.717, 1.165) is 25.9 Å². The zero-order chi connectivity index (χ0) is 37.6. The van der Waals surface area contributed by atoms with E-state index in [0.29, 0.717) is 0 Å². The minimum atomic E-state index is -3.00. The van der Waals surface area contributed by atoms with Gasteiger partial charge in [0.05, 0.1) is 5.41 Å². The summed E-state index contributed by atoms with van der Waals surface area (Å²) in [5.41, 5.74) is 17.5. The van der Waals surface area contributed by atoms with Gasteiger partial charge in [-0.15, -0.1) is 0 Å². The van der Waals surface area contributed by atoms with Crippen molar-refractivity contribution in [2.24, 2.45) is 0 Å². The Bertz CT molecular complexity index is 2820. The molecule has 266 valence electrons. The van der Waals surface area contributed by atoms with Crippen molar-refractivity contribution in [3.05, 3.63) is 238 Å². The molecule has 0 unspecified atom stereocenters. The van der Waals surface area contributed by atoms with Gasteiger partial charge in [0.15, 0.2) is 0 Å². The van der Waals surface area contributed by atoms with Crippen molar-refractivity contribution in [1.29, 1.82) is 0 Å². The lowest BCUT2D eigenvalue weighted by atomic mass is 9.70. The third-order valence-electron chi connectivity index (χ3n) is 12.4. The van der Waals surface area contributed by atoms with Crippen molar-refractivity contribution in [3.8, 4) is 33.4 Å². The van der Waals surface area contributed by atoms with Crippen LogP contribution in [0.25, 0.3) is 39.0 Å². The molecule has 3 aliphatic rings. The zero-order valence-electron chi connectivity index (χ0n) is 30.8. The van der Waals surface area contributed by atoms with E-state index in [1.807, 2.05) is 36.4 Å². The Kier molecular flexibility index (Phi) is 7.64. The summed E-state index contributed by atoms with van der Waals surface area (Å²) in [6.45, 7) is 2.32. The van der Waals surface area contributed by atoms with Gasteiger partial charge in [0.1, 0.15) is 15.9 Å². The number of hydrogen-bond acceptors (Lipinski definition) is 1. The van der Waals surface area contributed by atoms with Crippen molar-refractivity contribution >= 4 is 44.9 Å². The van der Waals surface area contributed by atoms with E-state index < -0.39 is 12.9 Å². The van der Waals surface area contributed by atoms with Crippen molar-refractivity contribution < 1.29 is 4.89 Å². The lowest BCUT2D eigenvalue weighted by Crippen LogP contribution is -2.31. The molecule has 0 amide bonds. The van der Waals surface area contributed by atoms with Crippen LogP contribution >= 0.6 is 23.4 Å². The first-order chi connectivity index (χ1) is 27.5. The van der Waals surface area contributed by atoms with Crippen LogP contribution in [-0.4, -0.2) is 4.89 Å². The van der Waals surface area contributed by atoms with Crippen LogP contribution in [0.5, 0.6) is 0 Å². The average Bonchev–Trinajstić information content (AvgIpc) is 3.68. The first-order valence-corrected chi connectivity index (χ1v) is 21.9. The maximum absolute atomic E-state index is 13.1. The Morgan fingerprint density at radius 2 is 0.982 bits per heavy atom. The van der Waals surface area contributed by atoms with Crippen LogP contribution in [0.2, 0.25) is 0 Å². The molecule has 0 bridgehead atoms. The number of hydrogen-bond donors (Lipinski definition) is 1. The Balaban J connectivity index is 1.21. The van der Waals surface area contributed by atoms with E-state index in [9.17, 15) is 4.89 Å². The van der Waals surface area contributed by atoms with E-state index in [2.05, 4.69) is 181 Å². The molecular formula is C53H37BrOP+. The zero-order valence-corrected chi connectivity index (χ0v) is 33.3. The van der Waals surface area contributed by atoms with Crippen LogP contribution in [0.15, 0.2) is 199 Å². The van der Waals surface area contributed by atoms with Crippen LogP contribution in [0, 0.1) is 0 Å². The predicted octanol–water partition coefficient (Wildman–Crippen LogP) is 12.2. The van der Waals surface area contributed by atoms with Gasteiger partial charge in [0.2, 0.25) is 7.49 Å². The van der Waals surface area contributed by atoms with Crippen molar-refractivity contribution in [1.82, 2.24) is 0 Å². The van der Waals surface area contributed by atoms with Gasteiger partial charge in [0, 0.05) is 10.4 Å². The molecule has 8 aromatic rings. The highest BCUT2D eigenvalue weighted by Crippen LogP contribution is 2.65. The lowest BCUT2D eigenvalue weighted by Gasteiger charge is -2.31. The molecule has 3 aliphatic carbocycles. The van der Waals surface area contributed by atoms with E-state index in [-0.39, 0.29) is 5.92 Å². The molecule has 1 atom stereocenters. The summed E-state index contributed by atoms with van der Waals surface area (Å²) in [6.07, 6.45) is 2.45. The first-order valence-electron chi connectivity index (χ1n) is 19.3. The molecule has 1 nitrogen and oxygen atoms in total. The molecule has 0 aliphatic heterocycles. The monoisotopic (exact) mass is 799 g/mol. The quantitative estimate of drug-likeness (QED) is 0.176. The second kappa shape index (κ2) is 12.7. The van der Waals surface area contributed by atoms with Crippen molar-refractivity contribution in [2.75, 3.05) is 0 Å². The normalized spacial score (nSPS) is 15.5. The maximum Gasteiger partial charge on any atom is 0.238 e. The maximum atomic E-state index is 13.1. The molecule has 0 fully saturated rings. The van der Waals surface area contributed by atoms with Gasteiger partial charge in [-0.05, 0) is 120 Å². The smallest absolute Gasteiger partial charge is 0.235 e. The summed E-state index contributed by atoms with van der Waals surface area (Å²) in [5.74, 6) is 0.141. The molecule has 0 saturated carbocycles. The van der Waals surface area contributed by atoms with Crippen molar-refractivity contribution in [3.63, 3.8) is 0 Å². The summed E-state index contributed by atoms with van der Waals surface area (Å²) in [7, 11) is -3.00. The molecule has 0 saturated heterocycles. The minimum Gasteiger partial charge on any atom is -0.235 e. The van der Waals surface area contributed by atoms with Crippen LogP contribution in [0.3, 0.4) is 0 Å². The fourth-order valence-electron chi connectivity index (χ4n) is 10.1. The highest BCUT2D eigenvalue weighted by Gasteiger charge is 2.52. The van der Waals surface area contributed by atoms with E-state index in [1.165, 1.54) is 72.3 Å². The summed E-state index contributed by atoms with van der Waals surface area (Å²) < 4.78 is 0.941. The number of fused-ring (bicyclic) bond motifs is 14. The summed E-state index contributed by atoms with van der Waals surface area (Å²) in [5, 5.41) is 2.78. The summed E-state index contributed by atoms with van der Waals surface area (Å²) in [6, 6.07) is 68.0. The fraction of sp³-hybridized carbons (Fsp3) is 0.0566. The molecule has 3 heteroatoms. The molecular weight excluding hydrogens is 763 g/mol. The van der Waals surface area contributed by atoms with Gasteiger partial charge < -0.3 is 0 Å². The van der Waals surface area contributed by atoms with Crippen LogP contribution in [0.4, 0.5) is 0 Å². The molecule has 1 spiro atoms. The Morgan fingerprint density at radius 1 is 0.464 bits per heavy atom. The lowest BCUT2D eigenvalue weighted by molar-refractivity contribution is 0.633. The molecule has 0 radical (unpaired) electrons. The predicted molar refractivity (Wildman–Crippen MR) is 239 cm³/mol. The van der Waals surface area contributed by atoms with E-state index in [1.54, 1.807) is 0 Å². The van der Waals surface area contributed by atoms with Gasteiger partial charge in [-0.25, -0.2) is 4.89 Å². The van der Waals surface area contributed by atoms with Crippen LogP contribution in [0.1, 0.15) is 51.8 Å². The van der Waals surface area contributed by atoms with E-state index in [4.69, 9.17) is 0 Å². The summed E-state index contributed by atoms with van der Waals surface area (Å²) in [4.78, 5) is 13.1. The minimum absolute atomic E-state index is 0.141. The Hall–Kier alpha value is -5.63. The van der Waals surface area contributed by atoms with Gasteiger partial charge in [0.25, 0.3) is 0 Å². The molecule has 1 N–H and O–H groups in total. The Labute approximate surface area is 337 Å². The standard InChI is InChI=1S/C53H37BrOP/c1-34-30-46(35-31-36(54)33-39(32-35)56(55,37-16-4-2-5-17-37)38-18-6-3-7-19-38)44-28-29-50-52(51(44)43-23-9-8-20-40(34)43)45-24-12-15-27-49(45)53(50)47-25-13-10-21-41(47)42-22-11-14-26-48(42)53/h2-34,55H,1H3/q+1/t34-/m1/s1. The number of rotatable bonds is 4. The number of benzene rings is 8. The van der Waals surface area contributed by atoms with Crippen LogP contribution < -0.4 is 15.9 Å². The summed E-state index contributed by atoms with van der Waals surface area (Å²) >= 11 is 3.94. The topological polar surface area (TPSA) is 20.2 Å². The molecule has 56 heavy (non-hydrogen) atoms. The first kappa shape index (κ1) is 33.7.